The molecule has 0 amide bonds. The fourth-order valence-electron chi connectivity index (χ4n) is 20.2. The van der Waals surface area contributed by atoms with Crippen molar-refractivity contribution in [3.63, 3.8) is 0 Å². The first-order chi connectivity index (χ1) is 61.1. The van der Waals surface area contributed by atoms with E-state index in [9.17, 15) is 9.60 Å². The second-order valence-corrected chi connectivity index (χ2v) is 32.9. The van der Waals surface area contributed by atoms with Gasteiger partial charge in [0.05, 0.1) is 65.1 Å². The molecule has 2 aliphatic heterocycles. The van der Waals surface area contributed by atoms with Crippen LogP contribution >= 0.6 is 0 Å². The number of rotatable bonds is 10. The van der Waals surface area contributed by atoms with Crippen LogP contribution in [-0.2, 0) is 5.41 Å². The highest BCUT2D eigenvalue weighted by atomic mass is 15.2. The summed E-state index contributed by atoms with van der Waals surface area (Å²) in [5.74, 6) is 0. The minimum atomic E-state index is -0.514. The minimum Gasteiger partial charge on any atom is -0.310 e. The molecular formula is C112H74BN5. The number of hydrogen-bond donors (Lipinski definition) is 0. The molecule has 18 aromatic carbocycles. The first-order valence-corrected chi connectivity index (χ1v) is 40.7. The van der Waals surface area contributed by atoms with Crippen LogP contribution in [0.15, 0.2) is 394 Å². The second-order valence-electron chi connectivity index (χ2n) is 32.9. The van der Waals surface area contributed by atoms with Crippen molar-refractivity contribution in [2.24, 2.45) is 0 Å². The molecule has 0 saturated carbocycles. The van der Waals surface area contributed by atoms with Gasteiger partial charge in [-0.05, 0) is 180 Å². The number of aromatic nitrogens is 3. The van der Waals surface area contributed by atoms with Crippen LogP contribution in [0, 0.1) is 0 Å². The van der Waals surface area contributed by atoms with Crippen LogP contribution in [0.5, 0.6) is 0 Å². The van der Waals surface area contributed by atoms with Crippen LogP contribution in [0.3, 0.4) is 0 Å². The number of benzene rings is 18. The van der Waals surface area contributed by atoms with Gasteiger partial charge in [-0.1, -0.05) is 318 Å². The Balaban J connectivity index is 0.844. The largest absolute Gasteiger partial charge is 0.310 e. The van der Waals surface area contributed by atoms with Crippen molar-refractivity contribution in [3.05, 3.63) is 400 Å². The molecule has 0 radical (unpaired) electrons. The van der Waals surface area contributed by atoms with Crippen LogP contribution in [0.25, 0.3) is 182 Å². The number of hydrogen-bond acceptors (Lipinski definition) is 2. The third kappa shape index (κ3) is 9.69. The molecule has 0 saturated heterocycles. The first kappa shape index (κ1) is 59.7. The summed E-state index contributed by atoms with van der Waals surface area (Å²) in [6.45, 7) is 6.43. The Bertz CT molecular complexity index is 8400. The Morgan fingerprint density at radius 3 is 1.18 bits per heavy atom. The van der Waals surface area contributed by atoms with E-state index in [4.69, 9.17) is 0 Å². The van der Waals surface area contributed by atoms with Gasteiger partial charge in [0.1, 0.15) is 0 Å². The Morgan fingerprint density at radius 1 is 0.263 bits per heavy atom. The lowest BCUT2D eigenvalue weighted by Gasteiger charge is -2.46. The maximum absolute atomic E-state index is 10.9. The molecule has 550 valence electrons. The maximum atomic E-state index is 10.9. The Labute approximate surface area is 693 Å². The number of para-hydroxylation sites is 7. The van der Waals surface area contributed by atoms with E-state index in [-0.39, 0.29) is 57.6 Å². The molecule has 23 aromatic rings. The molecule has 0 atom stereocenters. The molecule has 5 nitrogen and oxygen atoms in total. The minimum absolute atomic E-state index is 0.0653. The van der Waals surface area contributed by atoms with Crippen molar-refractivity contribution in [3.8, 4) is 83.6 Å². The summed E-state index contributed by atoms with van der Waals surface area (Å²) in [5, 5.41) is 9.43. The van der Waals surface area contributed by atoms with E-state index in [1.165, 1.54) is 27.1 Å². The number of nitrogens with zero attached hydrogens (tertiary/aromatic N) is 5. The lowest BCUT2D eigenvalue weighted by atomic mass is 9.33. The van der Waals surface area contributed by atoms with Crippen LogP contribution in [0.1, 0.15) is 35.9 Å². The smallest absolute Gasteiger partial charge is 0.252 e. The number of fused-ring (bicyclic) bond motifs is 19. The molecule has 0 bridgehead atoms. The van der Waals surface area contributed by atoms with E-state index in [0.29, 0.717) is 11.3 Å². The Kier molecular flexibility index (Phi) is 12.8. The number of anilines is 6. The molecule has 6 heteroatoms. The molecule has 0 aliphatic carbocycles. The normalized spacial score (nSPS) is 13.7. The van der Waals surface area contributed by atoms with Gasteiger partial charge >= 0.3 is 0 Å². The summed E-state index contributed by atoms with van der Waals surface area (Å²) in [6.07, 6.45) is 0. The lowest BCUT2D eigenvalue weighted by Crippen LogP contribution is -2.61. The van der Waals surface area contributed by atoms with Gasteiger partial charge < -0.3 is 23.2 Å². The summed E-state index contributed by atoms with van der Waals surface area (Å²) in [7, 11) is 0. The average Bonchev–Trinajstić information content (AvgIpc) is 1.53. The summed E-state index contributed by atoms with van der Waals surface area (Å²) in [4.78, 5) is 5.15. The van der Waals surface area contributed by atoms with Crippen molar-refractivity contribution in [2.75, 3.05) is 9.80 Å². The van der Waals surface area contributed by atoms with Crippen LogP contribution in [-0.4, -0.2) is 20.1 Å². The van der Waals surface area contributed by atoms with Gasteiger partial charge in [-0.2, -0.15) is 0 Å². The van der Waals surface area contributed by atoms with Crippen molar-refractivity contribution in [1.29, 1.82) is 0 Å². The molecule has 25 rings (SSSR count). The summed E-state index contributed by atoms with van der Waals surface area (Å²) < 4.78 is 77.3. The molecule has 0 spiro atoms. The van der Waals surface area contributed by atoms with Crippen LogP contribution in [0.4, 0.5) is 34.1 Å². The monoisotopic (exact) mass is 1510 g/mol. The van der Waals surface area contributed by atoms with E-state index in [1.807, 2.05) is 59.2 Å². The van der Waals surface area contributed by atoms with Crippen molar-refractivity contribution < 1.29 is 9.60 Å². The second kappa shape index (κ2) is 25.3. The van der Waals surface area contributed by atoms with E-state index in [2.05, 4.69) is 337 Å². The SMILES string of the molecule is [2H]c1c([2H])c([2H])c2c(c1[2H])c1c([2H])c([2H])c(-c3cccc(-c4ccccc4)c3)c([2H])c1n2-c1ccc2c(c1)N(c1c(-c3ccccc3)cccc1-c1cc3c4ccccc4n4c5ccccc5c(c1)c34)c1cc(C(C)(C)C)cc3c1B2c1cc(-c2ccccc2)ccc1N3c1c(-c2ccccc2)cccc1-c1cc2c3ccccc3n3c4ccccc4c(c1)c23. The highest BCUT2D eigenvalue weighted by Crippen LogP contribution is 2.56. The summed E-state index contributed by atoms with van der Waals surface area (Å²) >= 11 is 0. The highest BCUT2D eigenvalue weighted by molar-refractivity contribution is 7.00. The van der Waals surface area contributed by atoms with E-state index < -0.39 is 24.2 Å². The summed E-state index contributed by atoms with van der Waals surface area (Å²) in [6, 6.07) is 125. The quantitative estimate of drug-likeness (QED) is 0.127. The third-order valence-electron chi connectivity index (χ3n) is 25.4. The zero-order chi connectivity index (χ0) is 83.8. The first-order valence-electron chi connectivity index (χ1n) is 44.2. The van der Waals surface area contributed by atoms with Crippen molar-refractivity contribution >= 4 is 155 Å². The molecule has 0 fully saturated rings. The third-order valence-corrected chi connectivity index (χ3v) is 25.4. The van der Waals surface area contributed by atoms with Crippen LogP contribution in [0.2, 0.25) is 0 Å². The average molecular weight is 1510 g/mol. The molecule has 0 N–H and O–H groups in total. The Hall–Kier alpha value is -15.0. The van der Waals surface area contributed by atoms with Gasteiger partial charge in [0.15, 0.2) is 0 Å². The molecule has 0 unspecified atom stereocenters. The van der Waals surface area contributed by atoms with E-state index in [1.54, 1.807) is 0 Å². The standard InChI is InChI=1S/C112H74BN5/c1-112(2,3)79-66-105-107-106(67-79)118(109-82(72-35-14-7-15-36-72)45-28-47-84(109)78-62-93-88-42-19-24-51-100(88)116-101-52-25-20-43-89(101)94(63-78)111(93)116)104-68-80(114-97-48-21-16-39-85(97)90-56-53-76(65-103(90)114)74-38-26-37-73(59-74)69-29-8-4-9-30-69)55-57-95(104)113(107)96-64-75(70-31-10-5-11-32-70)54-58-102(96)117(105)108-81(71-33-12-6-13-34-71)44-27-46-83(108)77-60-91-86-40-17-22-49-98(86)115-99-50-23-18-41-87(99)92(61-77)110(91)115/h4-68H,1-3H3/i16D,21D,39D,48D,53D,56D,65D. The molecule has 7 heterocycles. The van der Waals surface area contributed by atoms with Gasteiger partial charge in [-0.25, -0.2) is 0 Å². The molecule has 5 aromatic heterocycles. The predicted octanol–water partition coefficient (Wildman–Crippen LogP) is 28.1. The zero-order valence-electron chi connectivity index (χ0n) is 71.8. The topological polar surface area (TPSA) is 20.2 Å². The predicted molar refractivity (Wildman–Crippen MR) is 501 cm³/mol. The van der Waals surface area contributed by atoms with Gasteiger partial charge in [-0.15, -0.1) is 0 Å². The van der Waals surface area contributed by atoms with Crippen molar-refractivity contribution in [1.82, 2.24) is 13.4 Å². The molecular weight excluding hydrogens is 1430 g/mol. The van der Waals surface area contributed by atoms with Crippen LogP contribution < -0.4 is 26.2 Å². The van der Waals surface area contributed by atoms with E-state index in [0.717, 1.165) is 172 Å². The van der Waals surface area contributed by atoms with Gasteiger partial charge in [0.25, 0.3) is 6.71 Å². The fraction of sp³-hybridized carbons (Fsp3) is 0.0357. The lowest BCUT2D eigenvalue weighted by molar-refractivity contribution is 0.590. The fourth-order valence-corrected chi connectivity index (χ4v) is 20.2. The van der Waals surface area contributed by atoms with Gasteiger partial charge in [0.2, 0.25) is 0 Å². The Morgan fingerprint density at radius 2 is 0.678 bits per heavy atom. The van der Waals surface area contributed by atoms with E-state index >= 15 is 0 Å². The summed E-state index contributed by atoms with van der Waals surface area (Å²) in [5.41, 5.74) is 29.8. The highest BCUT2D eigenvalue weighted by Gasteiger charge is 2.46. The van der Waals surface area contributed by atoms with Gasteiger partial charge in [0, 0.05) is 105 Å². The maximum Gasteiger partial charge on any atom is 0.252 e. The van der Waals surface area contributed by atoms with Crippen molar-refractivity contribution in [2.45, 2.75) is 26.2 Å². The molecule has 2 aliphatic rings. The molecule has 118 heavy (non-hydrogen) atoms. The van der Waals surface area contributed by atoms with Gasteiger partial charge in [-0.3, -0.25) is 0 Å². The zero-order valence-corrected chi connectivity index (χ0v) is 64.8.